The quantitative estimate of drug-likeness (QED) is 0.877. The first kappa shape index (κ1) is 16.3. The van der Waals surface area contributed by atoms with E-state index in [0.29, 0.717) is 24.2 Å². The van der Waals surface area contributed by atoms with Gasteiger partial charge in [0, 0.05) is 26.0 Å². The number of carboxylic acid groups (broad SMARTS) is 1. The van der Waals surface area contributed by atoms with E-state index >= 15 is 0 Å². The number of aliphatic carboxylic acids is 1. The van der Waals surface area contributed by atoms with Gasteiger partial charge in [-0.2, -0.15) is 5.10 Å². The molecule has 0 atom stereocenters. The van der Waals surface area contributed by atoms with E-state index < -0.39 is 11.4 Å². The Kier molecular flexibility index (Phi) is 4.42. The van der Waals surface area contributed by atoms with Crippen LogP contribution in [0.3, 0.4) is 0 Å². The van der Waals surface area contributed by atoms with Gasteiger partial charge in [0.2, 0.25) is 0 Å². The summed E-state index contributed by atoms with van der Waals surface area (Å²) in [7, 11) is 1.77. The standard InChI is InChI=1S/C17H22N4O3/c1-20-15(21-9-5-6-10-21)13(11-19-20)14(22)18-12-17(16(23)24)7-3-2-4-8-17/h5-6,9-11H,2-4,7-8,12H2,1H3,(H,18,22)(H,23,24). The van der Waals surface area contributed by atoms with E-state index in [9.17, 15) is 14.7 Å². The van der Waals surface area contributed by atoms with Crippen LogP contribution in [-0.4, -0.2) is 37.9 Å². The Labute approximate surface area is 140 Å². The number of carboxylic acids is 1. The summed E-state index contributed by atoms with van der Waals surface area (Å²) in [6.45, 7) is 0.154. The number of amides is 1. The Morgan fingerprint density at radius 2 is 1.92 bits per heavy atom. The van der Waals surface area contributed by atoms with Crippen LogP contribution in [0.4, 0.5) is 0 Å². The summed E-state index contributed by atoms with van der Waals surface area (Å²) < 4.78 is 3.44. The molecule has 1 aliphatic carbocycles. The summed E-state index contributed by atoms with van der Waals surface area (Å²) in [5.74, 6) is -0.456. The normalized spacial score (nSPS) is 16.7. The van der Waals surface area contributed by atoms with Crippen LogP contribution >= 0.6 is 0 Å². The smallest absolute Gasteiger partial charge is 0.311 e. The molecule has 1 fully saturated rings. The van der Waals surface area contributed by atoms with Crippen LogP contribution in [0.1, 0.15) is 42.5 Å². The zero-order chi connectivity index (χ0) is 17.2. The fraction of sp³-hybridized carbons (Fsp3) is 0.471. The first-order valence-corrected chi connectivity index (χ1v) is 8.20. The lowest BCUT2D eigenvalue weighted by Crippen LogP contribution is -2.44. The largest absolute Gasteiger partial charge is 0.481 e. The van der Waals surface area contributed by atoms with Gasteiger partial charge in [0.05, 0.1) is 11.6 Å². The second kappa shape index (κ2) is 6.51. The molecule has 0 aliphatic heterocycles. The highest BCUT2D eigenvalue weighted by molar-refractivity contribution is 5.97. The first-order chi connectivity index (χ1) is 11.5. The Balaban J connectivity index is 1.77. The molecule has 0 aromatic carbocycles. The number of hydrogen-bond donors (Lipinski definition) is 2. The SMILES string of the molecule is Cn1ncc(C(=O)NCC2(C(=O)O)CCCCC2)c1-n1cccc1. The van der Waals surface area contributed by atoms with Gasteiger partial charge in [-0.1, -0.05) is 19.3 Å². The number of nitrogens with zero attached hydrogens (tertiary/aromatic N) is 3. The lowest BCUT2D eigenvalue weighted by Gasteiger charge is -2.33. The van der Waals surface area contributed by atoms with Crippen LogP contribution in [0.15, 0.2) is 30.7 Å². The number of aryl methyl sites for hydroxylation is 1. The molecular formula is C17H22N4O3. The number of nitrogens with one attached hydrogen (secondary N) is 1. The van der Waals surface area contributed by atoms with Gasteiger partial charge >= 0.3 is 5.97 Å². The molecule has 7 heteroatoms. The van der Waals surface area contributed by atoms with Crippen LogP contribution in [0.5, 0.6) is 0 Å². The molecule has 1 aliphatic rings. The first-order valence-electron chi connectivity index (χ1n) is 8.20. The molecule has 0 radical (unpaired) electrons. The number of hydrogen-bond acceptors (Lipinski definition) is 3. The van der Waals surface area contributed by atoms with Gasteiger partial charge in [0.1, 0.15) is 11.4 Å². The van der Waals surface area contributed by atoms with Crippen molar-refractivity contribution in [2.45, 2.75) is 32.1 Å². The third-order valence-corrected chi connectivity index (χ3v) is 4.85. The molecule has 3 rings (SSSR count). The third kappa shape index (κ3) is 2.93. The average molecular weight is 330 g/mol. The van der Waals surface area contributed by atoms with Crippen molar-refractivity contribution in [3.63, 3.8) is 0 Å². The fourth-order valence-electron chi connectivity index (χ4n) is 3.41. The van der Waals surface area contributed by atoms with Crippen molar-refractivity contribution >= 4 is 11.9 Å². The predicted octanol–water partition coefficient (Wildman–Crippen LogP) is 1.98. The van der Waals surface area contributed by atoms with Gasteiger partial charge in [-0.3, -0.25) is 14.3 Å². The summed E-state index contributed by atoms with van der Waals surface area (Å²) in [6.07, 6.45) is 9.26. The number of aromatic nitrogens is 3. The maximum Gasteiger partial charge on any atom is 0.311 e. The molecule has 0 spiro atoms. The molecule has 1 saturated carbocycles. The minimum absolute atomic E-state index is 0.154. The Morgan fingerprint density at radius 3 is 2.54 bits per heavy atom. The Hall–Kier alpha value is -2.57. The molecule has 7 nitrogen and oxygen atoms in total. The molecule has 2 aromatic rings. The van der Waals surface area contributed by atoms with Crippen LogP contribution < -0.4 is 5.32 Å². The van der Waals surface area contributed by atoms with Gasteiger partial charge in [0.25, 0.3) is 5.91 Å². The zero-order valence-electron chi connectivity index (χ0n) is 13.7. The van der Waals surface area contributed by atoms with Crippen molar-refractivity contribution in [1.82, 2.24) is 19.7 Å². The minimum Gasteiger partial charge on any atom is -0.481 e. The van der Waals surface area contributed by atoms with E-state index in [1.165, 1.54) is 6.20 Å². The number of carbonyl (C=O) groups excluding carboxylic acids is 1. The van der Waals surface area contributed by atoms with E-state index in [4.69, 9.17) is 0 Å². The highest BCUT2D eigenvalue weighted by atomic mass is 16.4. The minimum atomic E-state index is -0.844. The predicted molar refractivity (Wildman–Crippen MR) is 88.0 cm³/mol. The Bertz CT molecular complexity index is 727. The van der Waals surface area contributed by atoms with Crippen molar-refractivity contribution in [2.24, 2.45) is 12.5 Å². The van der Waals surface area contributed by atoms with Crippen molar-refractivity contribution in [2.75, 3.05) is 6.54 Å². The molecule has 24 heavy (non-hydrogen) atoms. The molecule has 0 bridgehead atoms. The highest BCUT2D eigenvalue weighted by Gasteiger charge is 2.40. The lowest BCUT2D eigenvalue weighted by atomic mass is 9.74. The van der Waals surface area contributed by atoms with Gasteiger partial charge in [0.15, 0.2) is 0 Å². The van der Waals surface area contributed by atoms with E-state index in [1.807, 2.05) is 29.1 Å². The van der Waals surface area contributed by atoms with Gasteiger partial charge in [-0.15, -0.1) is 0 Å². The maximum absolute atomic E-state index is 12.6. The summed E-state index contributed by atoms with van der Waals surface area (Å²) in [5.41, 5.74) is -0.408. The summed E-state index contributed by atoms with van der Waals surface area (Å²) >= 11 is 0. The molecule has 0 unspecified atom stereocenters. The topological polar surface area (TPSA) is 89.2 Å². The molecule has 2 aromatic heterocycles. The van der Waals surface area contributed by atoms with E-state index in [1.54, 1.807) is 11.7 Å². The maximum atomic E-state index is 12.6. The monoisotopic (exact) mass is 330 g/mol. The third-order valence-electron chi connectivity index (χ3n) is 4.85. The van der Waals surface area contributed by atoms with Crippen molar-refractivity contribution in [3.05, 3.63) is 36.3 Å². The number of carbonyl (C=O) groups is 2. The average Bonchev–Trinajstić information content (AvgIpc) is 3.22. The van der Waals surface area contributed by atoms with Gasteiger partial charge in [-0.25, -0.2) is 0 Å². The number of rotatable bonds is 5. The van der Waals surface area contributed by atoms with Crippen LogP contribution in [0.25, 0.3) is 5.82 Å². The van der Waals surface area contributed by atoms with Crippen LogP contribution in [0.2, 0.25) is 0 Å². The van der Waals surface area contributed by atoms with Crippen molar-refractivity contribution in [3.8, 4) is 5.82 Å². The zero-order valence-corrected chi connectivity index (χ0v) is 13.7. The van der Waals surface area contributed by atoms with Gasteiger partial charge in [-0.05, 0) is 25.0 Å². The molecule has 2 heterocycles. The van der Waals surface area contributed by atoms with Gasteiger partial charge < -0.3 is 15.0 Å². The molecule has 128 valence electrons. The van der Waals surface area contributed by atoms with Crippen LogP contribution in [0, 0.1) is 5.41 Å². The van der Waals surface area contributed by atoms with Crippen molar-refractivity contribution < 1.29 is 14.7 Å². The second-order valence-corrected chi connectivity index (χ2v) is 6.42. The van der Waals surface area contributed by atoms with Crippen LogP contribution in [-0.2, 0) is 11.8 Å². The Morgan fingerprint density at radius 1 is 1.25 bits per heavy atom. The summed E-state index contributed by atoms with van der Waals surface area (Å²) in [5, 5.41) is 16.6. The summed E-state index contributed by atoms with van der Waals surface area (Å²) in [4.78, 5) is 24.3. The lowest BCUT2D eigenvalue weighted by molar-refractivity contribution is -0.150. The molecule has 0 saturated heterocycles. The molecular weight excluding hydrogens is 308 g/mol. The van der Waals surface area contributed by atoms with E-state index in [2.05, 4.69) is 10.4 Å². The second-order valence-electron chi connectivity index (χ2n) is 6.42. The molecule has 1 amide bonds. The molecule has 2 N–H and O–H groups in total. The van der Waals surface area contributed by atoms with E-state index in [0.717, 1.165) is 19.3 Å². The van der Waals surface area contributed by atoms with E-state index in [-0.39, 0.29) is 12.5 Å². The summed E-state index contributed by atoms with van der Waals surface area (Å²) in [6, 6.07) is 3.74. The highest BCUT2D eigenvalue weighted by Crippen LogP contribution is 2.36. The fourth-order valence-corrected chi connectivity index (χ4v) is 3.41. The van der Waals surface area contributed by atoms with Crippen molar-refractivity contribution in [1.29, 1.82) is 0 Å².